The predicted octanol–water partition coefficient (Wildman–Crippen LogP) is 10.0. The Hall–Kier alpha value is -2.10. The summed E-state index contributed by atoms with van der Waals surface area (Å²) in [4.78, 5) is 0. The van der Waals surface area contributed by atoms with Gasteiger partial charge in [0, 0.05) is 5.56 Å². The molecule has 2 aliphatic rings. The van der Waals surface area contributed by atoms with E-state index in [1.54, 1.807) is 12.1 Å². The lowest BCUT2D eigenvalue weighted by atomic mass is 9.68. The minimum atomic E-state index is -4.77. The van der Waals surface area contributed by atoms with Crippen molar-refractivity contribution in [1.29, 1.82) is 0 Å². The molecule has 184 valence electrons. The molecule has 0 radical (unpaired) electrons. The smallest absolute Gasteiger partial charge is 0.206 e. The first-order chi connectivity index (χ1) is 16.3. The third-order valence-electron chi connectivity index (χ3n) is 8.40. The number of halogens is 4. The first kappa shape index (κ1) is 25.0. The fourth-order valence-electron chi connectivity index (χ4n) is 6.49. The Morgan fingerprint density at radius 3 is 1.97 bits per heavy atom. The van der Waals surface area contributed by atoms with Gasteiger partial charge < -0.3 is 0 Å². The summed E-state index contributed by atoms with van der Waals surface area (Å²) in [7, 11) is 0. The Bertz CT molecular complexity index is 957. The van der Waals surface area contributed by atoms with Gasteiger partial charge >= 0.3 is 6.18 Å². The number of hydrogen-bond donors (Lipinski definition) is 0. The van der Waals surface area contributed by atoms with Crippen LogP contribution in [-0.4, -0.2) is 0 Å². The highest BCUT2D eigenvalue weighted by atomic mass is 19.4. The first-order valence-electron chi connectivity index (χ1n) is 12.9. The Balaban J connectivity index is 1.40. The number of alkyl halides is 3. The Morgan fingerprint density at radius 2 is 1.44 bits per heavy atom. The normalized spacial score (nSPS) is 25.8. The van der Waals surface area contributed by atoms with Gasteiger partial charge in [0.1, 0.15) is 5.82 Å². The number of rotatable bonds is 6. The van der Waals surface area contributed by atoms with Gasteiger partial charge in [-0.25, -0.2) is 4.39 Å². The molecule has 2 aliphatic carbocycles. The van der Waals surface area contributed by atoms with Crippen LogP contribution in [0, 0.1) is 23.6 Å². The van der Waals surface area contributed by atoms with Gasteiger partial charge in [0.15, 0.2) is 0 Å². The highest BCUT2D eigenvalue weighted by molar-refractivity contribution is 5.69. The maximum absolute atomic E-state index is 14.9. The van der Waals surface area contributed by atoms with Crippen LogP contribution in [0.15, 0.2) is 43.0 Å². The second kappa shape index (κ2) is 10.7. The van der Waals surface area contributed by atoms with Crippen LogP contribution in [0.4, 0.5) is 17.6 Å². The quantitative estimate of drug-likeness (QED) is 0.367. The largest absolute Gasteiger partial charge is 0.419 e. The van der Waals surface area contributed by atoms with Gasteiger partial charge in [-0.3, -0.25) is 0 Å². The van der Waals surface area contributed by atoms with Crippen molar-refractivity contribution in [2.45, 2.75) is 83.2 Å². The SMILES string of the molecule is C=Cc1ccc(-c2ccc(C3CCC(C4CCC(CCC)CC4)CC3)cc2)c(F)c1C(F)(F)F. The van der Waals surface area contributed by atoms with E-state index in [1.165, 1.54) is 81.9 Å². The van der Waals surface area contributed by atoms with Crippen molar-refractivity contribution in [3.8, 4) is 11.1 Å². The number of benzene rings is 2. The lowest BCUT2D eigenvalue weighted by Crippen LogP contribution is -2.25. The van der Waals surface area contributed by atoms with Crippen LogP contribution in [-0.2, 0) is 6.18 Å². The highest BCUT2D eigenvalue weighted by Crippen LogP contribution is 2.45. The third kappa shape index (κ3) is 5.42. The van der Waals surface area contributed by atoms with Gasteiger partial charge in [-0.05, 0) is 78.9 Å². The van der Waals surface area contributed by atoms with E-state index in [-0.39, 0.29) is 11.1 Å². The summed E-state index contributed by atoms with van der Waals surface area (Å²) < 4.78 is 55.2. The average molecular weight is 473 g/mol. The second-order valence-corrected chi connectivity index (χ2v) is 10.4. The van der Waals surface area contributed by atoms with E-state index in [9.17, 15) is 17.6 Å². The molecule has 0 unspecified atom stereocenters. The summed E-state index contributed by atoms with van der Waals surface area (Å²) in [6.07, 6.45) is 9.42. The standard InChI is InChI=1S/C30H36F4/c1-3-5-20-6-8-22(9-7-20)23-10-12-24(13-11-23)25-14-16-26(17-15-25)27-19-18-21(4-2)28(29(27)31)30(32,33)34/h4,14-20,22-24H,2-3,5-13H2,1H3. The summed E-state index contributed by atoms with van der Waals surface area (Å²) in [6.45, 7) is 5.68. The van der Waals surface area contributed by atoms with E-state index in [4.69, 9.17) is 0 Å². The van der Waals surface area contributed by atoms with Crippen LogP contribution in [0.5, 0.6) is 0 Å². The van der Waals surface area contributed by atoms with Crippen molar-refractivity contribution < 1.29 is 17.6 Å². The molecule has 0 heterocycles. The molecule has 0 nitrogen and oxygen atoms in total. The van der Waals surface area contributed by atoms with Gasteiger partial charge in [0.05, 0.1) is 5.56 Å². The molecule has 2 aromatic rings. The van der Waals surface area contributed by atoms with Gasteiger partial charge in [-0.1, -0.05) is 81.7 Å². The molecule has 2 aromatic carbocycles. The third-order valence-corrected chi connectivity index (χ3v) is 8.40. The Labute approximate surface area is 201 Å². The van der Waals surface area contributed by atoms with Crippen LogP contribution in [0.1, 0.15) is 93.7 Å². The van der Waals surface area contributed by atoms with Crippen molar-refractivity contribution in [3.63, 3.8) is 0 Å². The lowest BCUT2D eigenvalue weighted by Gasteiger charge is -2.38. The predicted molar refractivity (Wildman–Crippen MR) is 132 cm³/mol. The molecule has 2 saturated carbocycles. The van der Waals surface area contributed by atoms with E-state index >= 15 is 0 Å². The molecular formula is C30H36F4. The zero-order valence-corrected chi connectivity index (χ0v) is 20.1. The molecule has 34 heavy (non-hydrogen) atoms. The fraction of sp³-hybridized carbons (Fsp3) is 0.533. The molecule has 2 fully saturated rings. The summed E-state index contributed by atoms with van der Waals surface area (Å²) in [5.74, 6) is 1.94. The molecule has 0 saturated heterocycles. The lowest BCUT2D eigenvalue weighted by molar-refractivity contribution is -0.140. The van der Waals surface area contributed by atoms with Gasteiger partial charge in [-0.2, -0.15) is 13.2 Å². The molecule has 0 amide bonds. The molecule has 0 atom stereocenters. The Morgan fingerprint density at radius 1 is 0.853 bits per heavy atom. The summed E-state index contributed by atoms with van der Waals surface area (Å²) in [5.41, 5.74) is 0.187. The van der Waals surface area contributed by atoms with Crippen molar-refractivity contribution in [3.05, 3.63) is 65.5 Å². The minimum Gasteiger partial charge on any atom is -0.206 e. The first-order valence-corrected chi connectivity index (χ1v) is 12.9. The van der Waals surface area contributed by atoms with E-state index in [0.29, 0.717) is 11.5 Å². The molecule has 0 N–H and O–H groups in total. The van der Waals surface area contributed by atoms with Gasteiger partial charge in [0.25, 0.3) is 0 Å². The monoisotopic (exact) mass is 472 g/mol. The molecule has 0 aliphatic heterocycles. The van der Waals surface area contributed by atoms with Crippen molar-refractivity contribution in [1.82, 2.24) is 0 Å². The van der Waals surface area contributed by atoms with Crippen LogP contribution in [0.2, 0.25) is 0 Å². The summed E-state index contributed by atoms with van der Waals surface area (Å²) in [6, 6.07) is 10.2. The molecule has 0 spiro atoms. The van der Waals surface area contributed by atoms with Crippen LogP contribution < -0.4 is 0 Å². The summed E-state index contributed by atoms with van der Waals surface area (Å²) in [5, 5.41) is 0. The maximum atomic E-state index is 14.9. The molecule has 4 rings (SSSR count). The molecule has 4 heteroatoms. The second-order valence-electron chi connectivity index (χ2n) is 10.4. The van der Waals surface area contributed by atoms with E-state index in [0.717, 1.165) is 23.8 Å². The van der Waals surface area contributed by atoms with Crippen LogP contribution in [0.25, 0.3) is 17.2 Å². The van der Waals surface area contributed by atoms with Crippen molar-refractivity contribution in [2.24, 2.45) is 17.8 Å². The van der Waals surface area contributed by atoms with E-state index in [2.05, 4.69) is 13.5 Å². The molecule has 0 bridgehead atoms. The van der Waals surface area contributed by atoms with E-state index < -0.39 is 17.6 Å². The zero-order valence-electron chi connectivity index (χ0n) is 20.1. The minimum absolute atomic E-state index is 0.0214. The topological polar surface area (TPSA) is 0 Å². The van der Waals surface area contributed by atoms with Crippen LogP contribution >= 0.6 is 0 Å². The maximum Gasteiger partial charge on any atom is 0.419 e. The average Bonchev–Trinajstić information content (AvgIpc) is 2.84. The molecular weight excluding hydrogens is 436 g/mol. The van der Waals surface area contributed by atoms with Crippen molar-refractivity contribution >= 4 is 6.08 Å². The Kier molecular flexibility index (Phi) is 7.84. The van der Waals surface area contributed by atoms with Crippen molar-refractivity contribution in [2.75, 3.05) is 0 Å². The van der Waals surface area contributed by atoms with E-state index in [1.807, 2.05) is 12.1 Å². The number of hydrogen-bond acceptors (Lipinski definition) is 0. The van der Waals surface area contributed by atoms with Gasteiger partial charge in [0.2, 0.25) is 0 Å². The fourth-order valence-corrected chi connectivity index (χ4v) is 6.49. The van der Waals surface area contributed by atoms with Crippen LogP contribution in [0.3, 0.4) is 0 Å². The highest BCUT2D eigenvalue weighted by Gasteiger charge is 2.37. The zero-order chi connectivity index (χ0) is 24.3. The molecule has 0 aromatic heterocycles. The summed E-state index contributed by atoms with van der Waals surface area (Å²) >= 11 is 0. The van der Waals surface area contributed by atoms with Gasteiger partial charge in [-0.15, -0.1) is 0 Å².